The van der Waals surface area contributed by atoms with Gasteiger partial charge in [-0.15, -0.1) is 0 Å². The number of aromatic nitrogens is 1. The fourth-order valence-corrected chi connectivity index (χ4v) is 3.97. The Kier molecular flexibility index (Phi) is 7.37. The summed E-state index contributed by atoms with van der Waals surface area (Å²) < 4.78 is 19.5. The van der Waals surface area contributed by atoms with Crippen molar-refractivity contribution in [3.63, 3.8) is 0 Å². The molecule has 1 aromatic heterocycles. The van der Waals surface area contributed by atoms with Crippen molar-refractivity contribution < 1.29 is 23.8 Å². The number of nitrogens with zero attached hydrogens (tertiary/aromatic N) is 3. The lowest BCUT2D eigenvalue weighted by Crippen LogP contribution is -2.50. The summed E-state index contributed by atoms with van der Waals surface area (Å²) in [4.78, 5) is 33.9. The maximum atomic E-state index is 13.4. The second-order valence-corrected chi connectivity index (χ2v) is 9.44. The molecule has 4 rings (SSSR count). The first kappa shape index (κ1) is 24.7. The van der Waals surface area contributed by atoms with E-state index < -0.39 is 18.0 Å². The Bertz CT molecular complexity index is 1150. The number of pyridine rings is 1. The maximum absolute atomic E-state index is 13.4. The number of aliphatic hydroxyl groups is 1. The molecule has 1 aliphatic carbocycles. The molecule has 1 aromatic carbocycles. The summed E-state index contributed by atoms with van der Waals surface area (Å²) in [6, 6.07) is 6.68. The van der Waals surface area contributed by atoms with Gasteiger partial charge in [0.2, 0.25) is 5.88 Å². The van der Waals surface area contributed by atoms with E-state index in [9.17, 15) is 19.1 Å². The molecule has 1 fully saturated rings. The van der Waals surface area contributed by atoms with Crippen molar-refractivity contribution >= 4 is 11.8 Å². The van der Waals surface area contributed by atoms with Crippen LogP contribution >= 0.6 is 0 Å². The highest BCUT2D eigenvalue weighted by Gasteiger charge is 2.34. The van der Waals surface area contributed by atoms with E-state index in [0.29, 0.717) is 23.6 Å². The van der Waals surface area contributed by atoms with Gasteiger partial charge in [-0.3, -0.25) is 9.59 Å². The van der Waals surface area contributed by atoms with Gasteiger partial charge in [0.05, 0.1) is 19.2 Å². The first-order chi connectivity index (χ1) is 16.8. The Morgan fingerprint density at radius 3 is 2.71 bits per heavy atom. The normalized spacial score (nSPS) is 20.5. The average molecular weight is 480 g/mol. The highest BCUT2D eigenvalue weighted by Crippen LogP contribution is 2.29. The first-order valence-electron chi connectivity index (χ1n) is 11.9. The summed E-state index contributed by atoms with van der Waals surface area (Å²) in [6.07, 6.45) is 3.32. The van der Waals surface area contributed by atoms with E-state index in [4.69, 9.17) is 4.74 Å². The fraction of sp³-hybridized carbons (Fsp3) is 0.444. The fourth-order valence-electron chi connectivity index (χ4n) is 3.97. The Hall–Kier alpha value is -3.44. The van der Waals surface area contributed by atoms with E-state index in [0.717, 1.165) is 12.8 Å². The second kappa shape index (κ2) is 10.4. The van der Waals surface area contributed by atoms with Crippen LogP contribution in [0.5, 0.6) is 5.88 Å². The molecule has 0 saturated heterocycles. The van der Waals surface area contributed by atoms with Crippen molar-refractivity contribution in [2.45, 2.75) is 38.8 Å². The molecule has 0 radical (unpaired) electrons. The molecule has 2 amide bonds. The number of hydrogen-bond donors (Lipinski definition) is 1. The molecule has 3 atom stereocenters. The third-order valence-corrected chi connectivity index (χ3v) is 6.41. The summed E-state index contributed by atoms with van der Waals surface area (Å²) in [6.45, 7) is 4.11. The lowest BCUT2D eigenvalue weighted by atomic mass is 9.99. The zero-order valence-corrected chi connectivity index (χ0v) is 20.2. The predicted octanol–water partition coefficient (Wildman–Crippen LogP) is 2.97. The zero-order valence-electron chi connectivity index (χ0n) is 20.2. The van der Waals surface area contributed by atoms with E-state index in [1.54, 1.807) is 31.1 Å². The highest BCUT2D eigenvalue weighted by atomic mass is 19.1. The number of rotatable bonds is 5. The van der Waals surface area contributed by atoms with Crippen LogP contribution in [-0.4, -0.2) is 70.6 Å². The van der Waals surface area contributed by atoms with Gasteiger partial charge in [0.15, 0.2) is 0 Å². The third kappa shape index (κ3) is 5.80. The summed E-state index contributed by atoms with van der Waals surface area (Å²) in [5.74, 6) is 5.75. The number of carbonyl (C=O) groups excluding carboxylic acids is 2. The maximum Gasteiger partial charge on any atom is 0.259 e. The van der Waals surface area contributed by atoms with E-state index in [-0.39, 0.29) is 42.3 Å². The SMILES string of the molecule is C[C@H](CO)N1C[C@H](C)[C@@H](CN(C)C(=O)c2ccc(F)cc2)Oc2ncc(C#CC3CC3)cc2C1=O. The predicted molar refractivity (Wildman–Crippen MR) is 128 cm³/mol. The molecule has 184 valence electrons. The topological polar surface area (TPSA) is 83.0 Å². The van der Waals surface area contributed by atoms with Gasteiger partial charge in [-0.05, 0) is 50.1 Å². The largest absolute Gasteiger partial charge is 0.472 e. The molecule has 0 unspecified atom stereocenters. The Labute approximate surface area is 204 Å². The Balaban J connectivity index is 1.62. The molecule has 8 heteroatoms. The number of likely N-dealkylation sites (N-methyl/N-ethyl adjacent to an activating group) is 1. The molecule has 2 heterocycles. The summed E-state index contributed by atoms with van der Waals surface area (Å²) >= 11 is 0. The number of carbonyl (C=O) groups is 2. The summed E-state index contributed by atoms with van der Waals surface area (Å²) in [7, 11) is 1.66. The van der Waals surface area contributed by atoms with Crippen LogP contribution in [-0.2, 0) is 0 Å². The number of aliphatic hydroxyl groups excluding tert-OH is 1. The molecular formula is C27H30FN3O4. The van der Waals surface area contributed by atoms with Crippen LogP contribution in [0.3, 0.4) is 0 Å². The van der Waals surface area contributed by atoms with Gasteiger partial charge in [-0.2, -0.15) is 0 Å². The molecule has 1 saturated carbocycles. The highest BCUT2D eigenvalue weighted by molar-refractivity contribution is 5.97. The lowest BCUT2D eigenvalue weighted by Gasteiger charge is -2.37. The molecule has 0 spiro atoms. The minimum absolute atomic E-state index is 0.166. The Morgan fingerprint density at radius 2 is 2.06 bits per heavy atom. The monoisotopic (exact) mass is 479 g/mol. The van der Waals surface area contributed by atoms with Gasteiger partial charge in [-0.25, -0.2) is 9.37 Å². The number of benzene rings is 1. The molecule has 1 N–H and O–H groups in total. The number of fused-ring (bicyclic) bond motifs is 1. The van der Waals surface area contributed by atoms with Crippen LogP contribution in [0.25, 0.3) is 0 Å². The third-order valence-electron chi connectivity index (χ3n) is 6.41. The van der Waals surface area contributed by atoms with E-state index in [1.807, 2.05) is 6.92 Å². The molecule has 0 bridgehead atoms. The van der Waals surface area contributed by atoms with Gasteiger partial charge >= 0.3 is 0 Å². The molecule has 1 aliphatic heterocycles. The van der Waals surface area contributed by atoms with Crippen LogP contribution in [0.1, 0.15) is 53.0 Å². The Morgan fingerprint density at radius 1 is 1.34 bits per heavy atom. The average Bonchev–Trinajstić information content (AvgIpc) is 3.69. The number of hydrogen-bond acceptors (Lipinski definition) is 5. The molecule has 35 heavy (non-hydrogen) atoms. The standard InChI is InChI=1S/C27H30FN3O4/c1-17-14-31(18(2)16-32)27(34)23-12-20(7-6-19-4-5-19)13-29-25(23)35-24(17)15-30(3)26(33)21-8-10-22(28)11-9-21/h8-13,17-19,24,32H,4-5,14-16H2,1-3H3/t17-,18+,24+/m0/s1. The van der Waals surface area contributed by atoms with Crippen LogP contribution in [0, 0.1) is 29.5 Å². The van der Waals surface area contributed by atoms with E-state index in [1.165, 1.54) is 29.2 Å². The minimum atomic E-state index is -0.472. The van der Waals surface area contributed by atoms with Crippen molar-refractivity contribution in [1.82, 2.24) is 14.8 Å². The van der Waals surface area contributed by atoms with Gasteiger partial charge < -0.3 is 19.6 Å². The minimum Gasteiger partial charge on any atom is -0.472 e. The van der Waals surface area contributed by atoms with Crippen LogP contribution < -0.4 is 4.74 Å². The number of halogens is 1. The zero-order chi connectivity index (χ0) is 25.1. The van der Waals surface area contributed by atoms with Crippen molar-refractivity contribution in [2.75, 3.05) is 26.7 Å². The van der Waals surface area contributed by atoms with Gasteiger partial charge in [0.25, 0.3) is 11.8 Å². The molecule has 2 aromatic rings. The van der Waals surface area contributed by atoms with Gasteiger partial charge in [0, 0.05) is 42.8 Å². The van der Waals surface area contributed by atoms with Crippen molar-refractivity contribution in [2.24, 2.45) is 11.8 Å². The smallest absolute Gasteiger partial charge is 0.259 e. The lowest BCUT2D eigenvalue weighted by molar-refractivity contribution is 0.0313. The van der Waals surface area contributed by atoms with Crippen molar-refractivity contribution in [3.05, 3.63) is 59.0 Å². The molecule has 7 nitrogen and oxygen atoms in total. The molecular weight excluding hydrogens is 449 g/mol. The van der Waals surface area contributed by atoms with Gasteiger partial charge in [-0.1, -0.05) is 18.8 Å². The van der Waals surface area contributed by atoms with E-state index >= 15 is 0 Å². The number of ether oxygens (including phenoxy) is 1. The first-order valence-corrected chi connectivity index (χ1v) is 11.9. The quantitative estimate of drug-likeness (QED) is 0.667. The van der Waals surface area contributed by atoms with Gasteiger partial charge in [0.1, 0.15) is 17.5 Å². The van der Waals surface area contributed by atoms with Crippen LogP contribution in [0.4, 0.5) is 4.39 Å². The van der Waals surface area contributed by atoms with Crippen LogP contribution in [0.15, 0.2) is 36.5 Å². The molecule has 2 aliphatic rings. The second-order valence-electron chi connectivity index (χ2n) is 9.44. The van der Waals surface area contributed by atoms with E-state index in [2.05, 4.69) is 16.8 Å². The summed E-state index contributed by atoms with van der Waals surface area (Å²) in [5.41, 5.74) is 1.30. The van der Waals surface area contributed by atoms with Crippen molar-refractivity contribution in [3.8, 4) is 17.7 Å². The summed E-state index contributed by atoms with van der Waals surface area (Å²) in [5, 5.41) is 9.80. The van der Waals surface area contributed by atoms with Crippen molar-refractivity contribution in [1.29, 1.82) is 0 Å². The number of amides is 2. The van der Waals surface area contributed by atoms with Crippen LogP contribution in [0.2, 0.25) is 0 Å².